The topological polar surface area (TPSA) is 47.3 Å². The highest BCUT2D eigenvalue weighted by atomic mass is 35.5. The normalized spacial score (nSPS) is 11.2. The maximum absolute atomic E-state index is 9.35. The molecule has 0 atom stereocenters. The molecular formula is C21H25ClN2O2. The van der Waals surface area contributed by atoms with Gasteiger partial charge in [-0.15, -0.1) is 0 Å². The number of fused-ring (bicyclic) bond motifs is 1. The van der Waals surface area contributed by atoms with E-state index in [0.29, 0.717) is 18.1 Å². The molecule has 0 bridgehead atoms. The number of aryl methyl sites for hydroxylation is 3. The van der Waals surface area contributed by atoms with Gasteiger partial charge in [-0.05, 0) is 62.1 Å². The average Bonchev–Trinajstić information content (AvgIpc) is 2.93. The van der Waals surface area contributed by atoms with Crippen molar-refractivity contribution in [1.29, 1.82) is 0 Å². The molecule has 26 heavy (non-hydrogen) atoms. The van der Waals surface area contributed by atoms with Crippen LogP contribution in [0.3, 0.4) is 0 Å². The number of unbranched alkanes of at least 4 members (excludes halogenated alkanes) is 1. The molecule has 0 amide bonds. The first-order valence-electron chi connectivity index (χ1n) is 9.04. The molecule has 5 heteroatoms. The van der Waals surface area contributed by atoms with E-state index in [1.54, 1.807) is 0 Å². The molecule has 0 aliphatic heterocycles. The minimum atomic E-state index is 0.108. The van der Waals surface area contributed by atoms with Gasteiger partial charge in [0.2, 0.25) is 0 Å². The van der Waals surface area contributed by atoms with Crippen molar-refractivity contribution >= 4 is 22.6 Å². The van der Waals surface area contributed by atoms with E-state index in [-0.39, 0.29) is 6.61 Å². The van der Waals surface area contributed by atoms with Crippen LogP contribution >= 0.6 is 11.6 Å². The van der Waals surface area contributed by atoms with E-state index >= 15 is 0 Å². The van der Waals surface area contributed by atoms with Gasteiger partial charge in [0.25, 0.3) is 0 Å². The third-order valence-electron chi connectivity index (χ3n) is 4.65. The van der Waals surface area contributed by atoms with Crippen LogP contribution in [-0.2, 0) is 13.0 Å². The van der Waals surface area contributed by atoms with Crippen molar-refractivity contribution < 1.29 is 9.84 Å². The lowest BCUT2D eigenvalue weighted by Gasteiger charge is -2.11. The quantitative estimate of drug-likeness (QED) is 0.583. The molecule has 0 spiro atoms. The molecule has 4 nitrogen and oxygen atoms in total. The molecule has 1 heterocycles. The number of nitrogens with zero attached hydrogens (tertiary/aromatic N) is 2. The van der Waals surface area contributed by atoms with Gasteiger partial charge in [-0.2, -0.15) is 0 Å². The third kappa shape index (κ3) is 4.19. The number of halogens is 1. The summed E-state index contributed by atoms with van der Waals surface area (Å²) in [4.78, 5) is 4.72. The first-order chi connectivity index (χ1) is 12.6. The van der Waals surface area contributed by atoms with E-state index in [1.165, 1.54) is 11.1 Å². The molecule has 3 aromatic rings. The average molecular weight is 373 g/mol. The number of aromatic nitrogens is 2. The molecule has 0 fully saturated rings. The van der Waals surface area contributed by atoms with Crippen molar-refractivity contribution in [3.8, 4) is 5.75 Å². The van der Waals surface area contributed by atoms with Crippen LogP contribution in [0.2, 0.25) is 5.02 Å². The monoisotopic (exact) mass is 372 g/mol. The van der Waals surface area contributed by atoms with Gasteiger partial charge in [0.15, 0.2) is 0 Å². The molecule has 0 saturated carbocycles. The second-order valence-electron chi connectivity index (χ2n) is 6.56. The van der Waals surface area contributed by atoms with Crippen LogP contribution in [-0.4, -0.2) is 27.9 Å². The fourth-order valence-corrected chi connectivity index (χ4v) is 3.28. The number of aliphatic hydroxyl groups excluding tert-OH is 1. The summed E-state index contributed by atoms with van der Waals surface area (Å²) in [6.45, 7) is 5.82. The van der Waals surface area contributed by atoms with Crippen LogP contribution in [0.1, 0.15) is 29.8 Å². The Kier molecular flexibility index (Phi) is 6.17. The lowest BCUT2D eigenvalue weighted by molar-refractivity contribution is 0.292. The molecule has 2 aromatic carbocycles. The van der Waals surface area contributed by atoms with Gasteiger partial charge in [-0.3, -0.25) is 0 Å². The molecule has 0 unspecified atom stereocenters. The van der Waals surface area contributed by atoms with Crippen molar-refractivity contribution in [1.82, 2.24) is 9.55 Å². The molecule has 1 N–H and O–H groups in total. The second kappa shape index (κ2) is 8.56. The number of imidazole rings is 1. The minimum absolute atomic E-state index is 0.108. The molecule has 3 rings (SSSR count). The smallest absolute Gasteiger partial charge is 0.137 e. The van der Waals surface area contributed by atoms with Crippen LogP contribution in [0.15, 0.2) is 36.4 Å². The van der Waals surface area contributed by atoms with E-state index in [2.05, 4.69) is 30.5 Å². The summed E-state index contributed by atoms with van der Waals surface area (Å²) in [5.41, 5.74) is 4.65. The molecule has 0 radical (unpaired) electrons. The number of para-hydroxylation sites is 1. The summed E-state index contributed by atoms with van der Waals surface area (Å²) in [6, 6.07) is 11.9. The summed E-state index contributed by atoms with van der Waals surface area (Å²) in [7, 11) is 0. The van der Waals surface area contributed by atoms with Gasteiger partial charge in [-0.25, -0.2) is 4.98 Å². The van der Waals surface area contributed by atoms with Crippen LogP contribution in [0, 0.1) is 13.8 Å². The van der Waals surface area contributed by atoms with Gasteiger partial charge >= 0.3 is 0 Å². The van der Waals surface area contributed by atoms with Crippen molar-refractivity contribution in [2.45, 2.75) is 39.7 Å². The first-order valence-corrected chi connectivity index (χ1v) is 9.42. The van der Waals surface area contributed by atoms with E-state index in [0.717, 1.165) is 42.0 Å². The third-order valence-corrected chi connectivity index (χ3v) is 4.96. The molecule has 0 aliphatic carbocycles. The zero-order chi connectivity index (χ0) is 18.5. The van der Waals surface area contributed by atoms with Crippen LogP contribution in [0.5, 0.6) is 5.75 Å². The molecule has 138 valence electrons. The highest BCUT2D eigenvalue weighted by Crippen LogP contribution is 2.24. The zero-order valence-corrected chi connectivity index (χ0v) is 16.1. The van der Waals surface area contributed by atoms with Crippen molar-refractivity contribution in [3.05, 3.63) is 58.4 Å². The molecular weight excluding hydrogens is 348 g/mol. The largest absolute Gasteiger partial charge is 0.492 e. The first kappa shape index (κ1) is 18.7. The SMILES string of the molecule is Cc1cc2nc(CCO)n(CCCCOc3ccccc3Cl)c2cc1C. The number of hydrogen-bond donors (Lipinski definition) is 1. The number of ether oxygens (including phenoxy) is 1. The fourth-order valence-electron chi connectivity index (χ4n) is 3.09. The highest BCUT2D eigenvalue weighted by Gasteiger charge is 2.11. The lowest BCUT2D eigenvalue weighted by atomic mass is 10.1. The number of aliphatic hydroxyl groups is 1. The molecule has 0 aliphatic rings. The lowest BCUT2D eigenvalue weighted by Crippen LogP contribution is -2.07. The Morgan fingerprint density at radius 2 is 1.88 bits per heavy atom. The Balaban J connectivity index is 1.65. The second-order valence-corrected chi connectivity index (χ2v) is 6.97. The van der Waals surface area contributed by atoms with Gasteiger partial charge in [-0.1, -0.05) is 23.7 Å². The molecule has 0 saturated heterocycles. The standard InChI is InChI=1S/C21H25ClN2O2/c1-15-13-18-19(14-16(15)2)24(21(23-18)9-11-25)10-5-6-12-26-20-8-4-3-7-17(20)22/h3-4,7-8,13-14,25H,5-6,9-12H2,1-2H3. The van der Waals surface area contributed by atoms with Crippen LogP contribution < -0.4 is 4.74 Å². The van der Waals surface area contributed by atoms with E-state index in [9.17, 15) is 5.11 Å². The number of hydrogen-bond acceptors (Lipinski definition) is 3. The fraction of sp³-hybridized carbons (Fsp3) is 0.381. The van der Waals surface area contributed by atoms with Crippen molar-refractivity contribution in [3.63, 3.8) is 0 Å². The predicted octanol–water partition coefficient (Wildman–Crippen LogP) is 4.70. The summed E-state index contributed by atoms with van der Waals surface area (Å²) in [5.74, 6) is 1.67. The Bertz CT molecular complexity index is 889. The van der Waals surface area contributed by atoms with E-state index < -0.39 is 0 Å². The number of rotatable bonds is 8. The minimum Gasteiger partial charge on any atom is -0.492 e. The van der Waals surface area contributed by atoms with Crippen LogP contribution in [0.4, 0.5) is 0 Å². The zero-order valence-electron chi connectivity index (χ0n) is 15.3. The van der Waals surface area contributed by atoms with Crippen molar-refractivity contribution in [2.75, 3.05) is 13.2 Å². The summed E-state index contributed by atoms with van der Waals surface area (Å²) >= 11 is 6.11. The molecule has 1 aromatic heterocycles. The maximum atomic E-state index is 9.35. The van der Waals surface area contributed by atoms with Crippen molar-refractivity contribution in [2.24, 2.45) is 0 Å². The van der Waals surface area contributed by atoms with E-state index in [4.69, 9.17) is 21.3 Å². The van der Waals surface area contributed by atoms with Gasteiger partial charge < -0.3 is 14.4 Å². The predicted molar refractivity (Wildman–Crippen MR) is 106 cm³/mol. The Morgan fingerprint density at radius 3 is 2.65 bits per heavy atom. The Hall–Kier alpha value is -2.04. The maximum Gasteiger partial charge on any atom is 0.137 e. The van der Waals surface area contributed by atoms with Gasteiger partial charge in [0.1, 0.15) is 11.6 Å². The van der Waals surface area contributed by atoms with E-state index in [1.807, 2.05) is 24.3 Å². The number of benzene rings is 2. The van der Waals surface area contributed by atoms with Gasteiger partial charge in [0.05, 0.1) is 29.3 Å². The Labute approximate surface area is 159 Å². The summed E-state index contributed by atoms with van der Waals surface area (Å²) in [6.07, 6.45) is 2.47. The van der Waals surface area contributed by atoms with Crippen LogP contribution in [0.25, 0.3) is 11.0 Å². The summed E-state index contributed by atoms with van der Waals surface area (Å²) in [5, 5.41) is 10.00. The highest BCUT2D eigenvalue weighted by molar-refractivity contribution is 6.32. The van der Waals surface area contributed by atoms with Gasteiger partial charge in [0, 0.05) is 13.0 Å². The summed E-state index contributed by atoms with van der Waals surface area (Å²) < 4.78 is 7.99. The Morgan fingerprint density at radius 1 is 1.12 bits per heavy atom.